The maximum Gasteiger partial charge on any atom is 0.0502 e. The van der Waals surface area contributed by atoms with E-state index in [0.717, 1.165) is 19.7 Å². The van der Waals surface area contributed by atoms with Crippen molar-refractivity contribution in [2.24, 2.45) is 5.92 Å². The second-order valence-electron chi connectivity index (χ2n) is 5.92. The third-order valence-electron chi connectivity index (χ3n) is 4.36. The van der Waals surface area contributed by atoms with E-state index in [4.69, 9.17) is 4.74 Å². The van der Waals surface area contributed by atoms with Gasteiger partial charge in [-0.3, -0.25) is 0 Å². The fraction of sp³-hybridized carbons (Fsp3) is 0.647. The van der Waals surface area contributed by atoms with Gasteiger partial charge < -0.3 is 15.0 Å². The number of likely N-dealkylation sites (tertiary alicyclic amines) is 1. The summed E-state index contributed by atoms with van der Waals surface area (Å²) in [6.07, 6.45) is 2.59. The van der Waals surface area contributed by atoms with Gasteiger partial charge in [0.2, 0.25) is 0 Å². The molecule has 1 heterocycles. The van der Waals surface area contributed by atoms with Gasteiger partial charge in [-0.15, -0.1) is 0 Å². The van der Waals surface area contributed by atoms with Crippen LogP contribution in [0.3, 0.4) is 0 Å². The van der Waals surface area contributed by atoms with Crippen molar-refractivity contribution < 1.29 is 4.74 Å². The molecular weight excluding hydrogens is 248 g/mol. The number of rotatable bonds is 6. The molecule has 2 atom stereocenters. The van der Waals surface area contributed by atoms with Crippen LogP contribution in [0, 0.1) is 12.8 Å². The van der Waals surface area contributed by atoms with Crippen molar-refractivity contribution >= 4 is 0 Å². The van der Waals surface area contributed by atoms with Crippen LogP contribution in [0.15, 0.2) is 24.3 Å². The van der Waals surface area contributed by atoms with Crippen LogP contribution in [0.4, 0.5) is 0 Å². The summed E-state index contributed by atoms with van der Waals surface area (Å²) in [5, 5.41) is 3.48. The molecule has 0 aromatic heterocycles. The van der Waals surface area contributed by atoms with Gasteiger partial charge in [-0.05, 0) is 50.4 Å². The molecule has 1 aromatic rings. The van der Waals surface area contributed by atoms with E-state index in [-0.39, 0.29) is 0 Å². The van der Waals surface area contributed by atoms with E-state index in [9.17, 15) is 0 Å². The third-order valence-corrected chi connectivity index (χ3v) is 4.36. The van der Waals surface area contributed by atoms with E-state index in [1.54, 1.807) is 0 Å². The molecule has 2 rings (SSSR count). The van der Waals surface area contributed by atoms with Crippen LogP contribution in [0.1, 0.15) is 30.0 Å². The topological polar surface area (TPSA) is 24.5 Å². The zero-order valence-corrected chi connectivity index (χ0v) is 13.1. The van der Waals surface area contributed by atoms with Crippen molar-refractivity contribution in [3.63, 3.8) is 0 Å². The Labute approximate surface area is 123 Å². The molecule has 1 aliphatic rings. The monoisotopic (exact) mass is 276 g/mol. The number of aryl methyl sites for hydroxylation is 1. The van der Waals surface area contributed by atoms with Gasteiger partial charge in [0.1, 0.15) is 0 Å². The minimum atomic E-state index is 0.414. The first kappa shape index (κ1) is 15.5. The average molecular weight is 276 g/mol. The zero-order valence-electron chi connectivity index (χ0n) is 13.1. The lowest BCUT2D eigenvalue weighted by atomic mass is 9.96. The molecule has 0 radical (unpaired) electrons. The molecule has 1 fully saturated rings. The van der Waals surface area contributed by atoms with Crippen LogP contribution in [-0.2, 0) is 4.74 Å². The fourth-order valence-electron chi connectivity index (χ4n) is 3.27. The number of piperidine rings is 1. The van der Waals surface area contributed by atoms with Crippen molar-refractivity contribution in [2.45, 2.75) is 25.8 Å². The molecule has 0 saturated carbocycles. The Morgan fingerprint density at radius 2 is 2.20 bits per heavy atom. The van der Waals surface area contributed by atoms with E-state index in [0.29, 0.717) is 12.0 Å². The molecule has 3 nitrogen and oxygen atoms in total. The summed E-state index contributed by atoms with van der Waals surface area (Å²) in [7, 11) is 3.87. The van der Waals surface area contributed by atoms with Crippen molar-refractivity contribution in [1.29, 1.82) is 0 Å². The van der Waals surface area contributed by atoms with Gasteiger partial charge in [-0.2, -0.15) is 0 Å². The predicted octanol–water partition coefficient (Wildman–Crippen LogP) is 2.61. The van der Waals surface area contributed by atoms with E-state index in [2.05, 4.69) is 48.5 Å². The zero-order chi connectivity index (χ0) is 14.4. The number of benzene rings is 1. The van der Waals surface area contributed by atoms with Gasteiger partial charge in [0.15, 0.2) is 0 Å². The predicted molar refractivity (Wildman–Crippen MR) is 84.0 cm³/mol. The van der Waals surface area contributed by atoms with Crippen LogP contribution in [0.25, 0.3) is 0 Å². The summed E-state index contributed by atoms with van der Waals surface area (Å²) in [6, 6.07) is 9.10. The smallest absolute Gasteiger partial charge is 0.0502 e. The van der Waals surface area contributed by atoms with E-state index in [1.807, 2.05) is 7.11 Å². The number of hydrogen-bond donors (Lipinski definition) is 1. The second kappa shape index (κ2) is 7.77. The molecule has 0 bridgehead atoms. The second-order valence-corrected chi connectivity index (χ2v) is 5.92. The first-order valence-corrected chi connectivity index (χ1v) is 7.68. The van der Waals surface area contributed by atoms with Crippen LogP contribution in [-0.4, -0.2) is 45.3 Å². The number of hydrogen-bond acceptors (Lipinski definition) is 3. The normalized spacial score (nSPS) is 21.9. The van der Waals surface area contributed by atoms with E-state index >= 15 is 0 Å². The largest absolute Gasteiger partial charge is 0.384 e. The highest BCUT2D eigenvalue weighted by Gasteiger charge is 2.22. The molecule has 1 N–H and O–H groups in total. The van der Waals surface area contributed by atoms with Gasteiger partial charge in [0.25, 0.3) is 0 Å². The summed E-state index contributed by atoms with van der Waals surface area (Å²) in [6.45, 7) is 6.55. The first-order valence-electron chi connectivity index (χ1n) is 7.68. The van der Waals surface area contributed by atoms with Crippen molar-refractivity contribution in [3.8, 4) is 0 Å². The van der Waals surface area contributed by atoms with Crippen molar-refractivity contribution in [3.05, 3.63) is 35.4 Å². The summed E-state index contributed by atoms with van der Waals surface area (Å²) in [4.78, 5) is 2.58. The highest BCUT2D eigenvalue weighted by Crippen LogP contribution is 2.22. The molecule has 2 unspecified atom stereocenters. The van der Waals surface area contributed by atoms with Crippen LogP contribution in [0.2, 0.25) is 0 Å². The Bertz CT molecular complexity index is 406. The molecule has 0 aliphatic carbocycles. The molecule has 1 aromatic carbocycles. The Kier molecular flexibility index (Phi) is 6.02. The maximum absolute atomic E-state index is 5.32. The minimum Gasteiger partial charge on any atom is -0.384 e. The van der Waals surface area contributed by atoms with Crippen LogP contribution in [0.5, 0.6) is 0 Å². The molecule has 1 aliphatic heterocycles. The summed E-state index contributed by atoms with van der Waals surface area (Å²) in [5.41, 5.74) is 2.79. The highest BCUT2D eigenvalue weighted by molar-refractivity contribution is 5.29. The molecule has 0 spiro atoms. The van der Waals surface area contributed by atoms with Crippen LogP contribution < -0.4 is 5.32 Å². The third kappa shape index (κ3) is 4.05. The Morgan fingerprint density at radius 3 is 2.90 bits per heavy atom. The van der Waals surface area contributed by atoms with Gasteiger partial charge in [-0.25, -0.2) is 0 Å². The van der Waals surface area contributed by atoms with Crippen molar-refractivity contribution in [1.82, 2.24) is 10.2 Å². The lowest BCUT2D eigenvalue weighted by Crippen LogP contribution is -2.41. The van der Waals surface area contributed by atoms with E-state index in [1.165, 1.54) is 30.5 Å². The number of ether oxygens (including phenoxy) is 1. The Hall–Kier alpha value is -0.900. The molecule has 3 heteroatoms. The Morgan fingerprint density at radius 1 is 1.40 bits per heavy atom. The fourth-order valence-corrected chi connectivity index (χ4v) is 3.27. The number of likely N-dealkylation sites (N-methyl/N-ethyl adjacent to an activating group) is 1. The maximum atomic E-state index is 5.32. The lowest BCUT2D eigenvalue weighted by Gasteiger charge is -2.35. The van der Waals surface area contributed by atoms with Gasteiger partial charge in [0, 0.05) is 26.2 Å². The van der Waals surface area contributed by atoms with Crippen LogP contribution >= 0.6 is 0 Å². The first-order chi connectivity index (χ1) is 9.74. The number of methoxy groups -OCH3 is 1. The molecular formula is C17H28N2O. The quantitative estimate of drug-likeness (QED) is 0.864. The van der Waals surface area contributed by atoms with E-state index < -0.39 is 0 Å². The molecule has 0 amide bonds. The van der Waals surface area contributed by atoms with Crippen molar-refractivity contribution in [2.75, 3.05) is 40.4 Å². The van der Waals surface area contributed by atoms with Gasteiger partial charge >= 0.3 is 0 Å². The highest BCUT2D eigenvalue weighted by atomic mass is 16.5. The summed E-state index contributed by atoms with van der Waals surface area (Å²) >= 11 is 0. The average Bonchev–Trinajstić information content (AvgIpc) is 2.46. The lowest BCUT2D eigenvalue weighted by molar-refractivity contribution is 0.0861. The summed E-state index contributed by atoms with van der Waals surface area (Å²) in [5.74, 6) is 0.697. The summed E-state index contributed by atoms with van der Waals surface area (Å²) < 4.78 is 5.32. The number of nitrogens with zero attached hydrogens (tertiary/aromatic N) is 1. The standard InChI is InChI=1S/C17H28N2O/c1-14-7-4-5-9-16(14)17(18-2)12-19-10-6-8-15(11-19)13-20-3/h4-5,7,9,15,17-18H,6,8,10-13H2,1-3H3. The van der Waals surface area contributed by atoms with Gasteiger partial charge in [-0.1, -0.05) is 24.3 Å². The number of nitrogens with one attached hydrogen (secondary N) is 1. The molecule has 112 valence electrons. The SMILES string of the molecule is CNC(CN1CCCC(COC)C1)c1ccccc1C. The van der Waals surface area contributed by atoms with Gasteiger partial charge in [0.05, 0.1) is 6.61 Å². The molecule has 20 heavy (non-hydrogen) atoms. The minimum absolute atomic E-state index is 0.414. The Balaban J connectivity index is 1.98. The molecule has 1 saturated heterocycles.